The second kappa shape index (κ2) is 6.81. The number of nitrogens with two attached hydrogens (primary N) is 1. The Balaban J connectivity index is 1.96. The molecule has 1 aromatic rings. The Hall–Kier alpha value is -1.47. The Morgan fingerprint density at radius 3 is 2.25 bits per heavy atom. The number of nitrogen functional groups attached to an aromatic ring is 1. The van der Waals surface area contributed by atoms with E-state index in [0.717, 1.165) is 25.2 Å². The minimum Gasteiger partial charge on any atom is -0.377 e. The number of rotatable bonds is 5. The van der Waals surface area contributed by atoms with Crippen molar-refractivity contribution in [3.8, 4) is 0 Å². The number of hydrogen-bond acceptors (Lipinski definition) is 5. The molecule has 0 spiro atoms. The molecule has 1 heterocycles. The first kappa shape index (κ1) is 14.9. The Morgan fingerprint density at radius 2 is 1.80 bits per heavy atom. The molecule has 1 fully saturated rings. The molecule has 6 nitrogen and oxygen atoms in total. The number of carbonyl (C=O) groups excluding carboxylic acids is 1. The van der Waals surface area contributed by atoms with Gasteiger partial charge in [0.1, 0.15) is 0 Å². The molecule has 6 heteroatoms. The van der Waals surface area contributed by atoms with Crippen molar-refractivity contribution in [2.75, 3.05) is 27.3 Å². The van der Waals surface area contributed by atoms with Crippen LogP contribution in [0.15, 0.2) is 24.3 Å². The highest BCUT2D eigenvalue weighted by Crippen LogP contribution is 2.18. The van der Waals surface area contributed by atoms with Gasteiger partial charge in [0.25, 0.3) is 5.91 Å². The van der Waals surface area contributed by atoms with Gasteiger partial charge in [-0.05, 0) is 17.7 Å². The van der Waals surface area contributed by atoms with Gasteiger partial charge in [0.2, 0.25) is 0 Å². The zero-order valence-corrected chi connectivity index (χ0v) is 11.8. The van der Waals surface area contributed by atoms with Crippen molar-refractivity contribution in [2.45, 2.75) is 18.8 Å². The van der Waals surface area contributed by atoms with E-state index in [1.54, 1.807) is 26.4 Å². The highest BCUT2D eigenvalue weighted by molar-refractivity contribution is 5.93. The summed E-state index contributed by atoms with van der Waals surface area (Å²) in [4.78, 5) is 13.6. The third kappa shape index (κ3) is 3.34. The third-order valence-electron chi connectivity index (χ3n) is 3.65. The molecule has 20 heavy (non-hydrogen) atoms. The number of nitrogens with one attached hydrogen (secondary N) is 1. The van der Waals surface area contributed by atoms with Crippen LogP contribution in [-0.2, 0) is 16.0 Å². The average Bonchev–Trinajstić information content (AvgIpc) is 2.89. The Kier molecular flexibility index (Phi) is 5.08. The van der Waals surface area contributed by atoms with E-state index in [1.165, 1.54) is 0 Å². The largest absolute Gasteiger partial charge is 0.377 e. The molecular weight excluding hydrogens is 258 g/mol. The summed E-state index contributed by atoms with van der Waals surface area (Å²) in [7, 11) is 3.42. The monoisotopic (exact) mass is 279 g/mol. The van der Waals surface area contributed by atoms with Gasteiger partial charge in [-0.1, -0.05) is 12.1 Å². The summed E-state index contributed by atoms with van der Waals surface area (Å²) in [6.07, 6.45) is 0.226. The van der Waals surface area contributed by atoms with E-state index in [9.17, 15) is 4.79 Å². The molecule has 1 aliphatic heterocycles. The minimum atomic E-state index is -0.281. The first-order chi connectivity index (χ1) is 9.67. The quantitative estimate of drug-likeness (QED) is 0.455. The van der Waals surface area contributed by atoms with Crippen molar-refractivity contribution in [3.05, 3.63) is 35.4 Å². The maximum Gasteiger partial charge on any atom is 0.265 e. The molecule has 2 atom stereocenters. The minimum absolute atomic E-state index is 0.113. The van der Waals surface area contributed by atoms with E-state index in [1.807, 2.05) is 12.1 Å². The molecule has 0 aliphatic carbocycles. The smallest absolute Gasteiger partial charge is 0.265 e. The predicted molar refractivity (Wildman–Crippen MR) is 75.0 cm³/mol. The van der Waals surface area contributed by atoms with Gasteiger partial charge >= 0.3 is 0 Å². The van der Waals surface area contributed by atoms with Crippen molar-refractivity contribution in [2.24, 2.45) is 5.84 Å². The lowest BCUT2D eigenvalue weighted by Crippen LogP contribution is -2.30. The number of ether oxygens (including phenoxy) is 2. The molecule has 1 aromatic carbocycles. The van der Waals surface area contributed by atoms with Crippen LogP contribution in [0.2, 0.25) is 0 Å². The van der Waals surface area contributed by atoms with Crippen LogP contribution in [0.5, 0.6) is 0 Å². The zero-order chi connectivity index (χ0) is 14.5. The van der Waals surface area contributed by atoms with Crippen molar-refractivity contribution in [1.29, 1.82) is 0 Å². The first-order valence-corrected chi connectivity index (χ1v) is 6.55. The van der Waals surface area contributed by atoms with Crippen LogP contribution >= 0.6 is 0 Å². The van der Waals surface area contributed by atoms with Gasteiger partial charge in [0.05, 0.1) is 12.2 Å². The van der Waals surface area contributed by atoms with Gasteiger partial charge in [0.15, 0.2) is 0 Å². The summed E-state index contributed by atoms with van der Waals surface area (Å²) < 4.78 is 10.8. The van der Waals surface area contributed by atoms with Gasteiger partial charge in [0, 0.05) is 39.4 Å². The van der Waals surface area contributed by atoms with Crippen molar-refractivity contribution < 1.29 is 14.3 Å². The molecule has 0 bridgehead atoms. The normalized spacial score (nSPS) is 22.9. The van der Waals surface area contributed by atoms with Gasteiger partial charge in [-0.25, -0.2) is 5.84 Å². The Labute approximate surface area is 118 Å². The summed E-state index contributed by atoms with van der Waals surface area (Å²) in [5, 5.41) is 0. The van der Waals surface area contributed by atoms with Crippen molar-refractivity contribution in [3.63, 3.8) is 0 Å². The lowest BCUT2D eigenvalue weighted by molar-refractivity contribution is -0.00461. The third-order valence-corrected chi connectivity index (χ3v) is 3.65. The second-order valence-electron chi connectivity index (χ2n) is 4.91. The molecule has 0 aromatic heterocycles. The lowest BCUT2D eigenvalue weighted by Gasteiger charge is -2.15. The van der Waals surface area contributed by atoms with Gasteiger partial charge in [-0.15, -0.1) is 0 Å². The molecule has 2 unspecified atom stereocenters. The molecule has 0 saturated carbocycles. The second-order valence-corrected chi connectivity index (χ2v) is 4.91. The summed E-state index contributed by atoms with van der Waals surface area (Å²) >= 11 is 0. The van der Waals surface area contributed by atoms with E-state index >= 15 is 0 Å². The van der Waals surface area contributed by atoms with Crippen molar-refractivity contribution in [1.82, 2.24) is 10.3 Å². The molecule has 0 radical (unpaired) electrons. The lowest BCUT2D eigenvalue weighted by atomic mass is 10.1. The fraction of sp³-hybridized carbons (Fsp3) is 0.500. The number of carbonyl (C=O) groups is 1. The fourth-order valence-corrected chi connectivity index (χ4v) is 2.50. The molecule has 1 saturated heterocycles. The van der Waals surface area contributed by atoms with Crippen LogP contribution in [0.3, 0.4) is 0 Å². The molecular formula is C14H21N3O3. The van der Waals surface area contributed by atoms with Gasteiger partial charge in [-0.3, -0.25) is 15.1 Å². The van der Waals surface area contributed by atoms with E-state index in [2.05, 4.69) is 10.3 Å². The topological polar surface area (TPSA) is 76.8 Å². The molecule has 2 rings (SSSR count). The summed E-state index contributed by atoms with van der Waals surface area (Å²) in [5.74, 6) is 4.82. The number of benzene rings is 1. The molecule has 1 aliphatic rings. The molecule has 110 valence electrons. The molecule has 1 amide bonds. The number of nitrogens with zero attached hydrogens (tertiary/aromatic N) is 1. The highest BCUT2D eigenvalue weighted by Gasteiger charge is 2.32. The van der Waals surface area contributed by atoms with Crippen LogP contribution in [-0.4, -0.2) is 50.3 Å². The summed E-state index contributed by atoms with van der Waals surface area (Å²) in [5.41, 5.74) is 3.82. The Bertz CT molecular complexity index is 437. The van der Waals surface area contributed by atoms with Crippen LogP contribution in [0, 0.1) is 0 Å². The number of hydrogen-bond donors (Lipinski definition) is 2. The maximum absolute atomic E-state index is 11.4. The molecule has 3 N–H and O–H groups in total. The Morgan fingerprint density at radius 1 is 1.25 bits per heavy atom. The SMILES string of the molecule is COC1CN(Cc2ccc(C(=O)NN)cc2)CC1OC. The van der Waals surface area contributed by atoms with Crippen LogP contribution in [0.25, 0.3) is 0 Å². The van der Waals surface area contributed by atoms with E-state index in [4.69, 9.17) is 15.3 Å². The van der Waals surface area contributed by atoms with E-state index in [0.29, 0.717) is 5.56 Å². The summed E-state index contributed by atoms with van der Waals surface area (Å²) in [6.45, 7) is 2.50. The average molecular weight is 279 g/mol. The van der Waals surface area contributed by atoms with Gasteiger partial charge in [-0.2, -0.15) is 0 Å². The number of amides is 1. The number of hydrazine groups is 1. The van der Waals surface area contributed by atoms with Gasteiger partial charge < -0.3 is 9.47 Å². The van der Waals surface area contributed by atoms with E-state index < -0.39 is 0 Å². The standard InChI is InChI=1S/C14H21N3O3/c1-19-12-8-17(9-13(12)20-2)7-10-3-5-11(6-4-10)14(18)16-15/h3-6,12-13H,7-9,15H2,1-2H3,(H,16,18). The van der Waals surface area contributed by atoms with E-state index in [-0.39, 0.29) is 18.1 Å². The first-order valence-electron chi connectivity index (χ1n) is 6.55. The van der Waals surface area contributed by atoms with Crippen LogP contribution in [0.4, 0.5) is 0 Å². The van der Waals surface area contributed by atoms with Crippen LogP contribution < -0.4 is 11.3 Å². The van der Waals surface area contributed by atoms with Crippen molar-refractivity contribution >= 4 is 5.91 Å². The fourth-order valence-electron chi connectivity index (χ4n) is 2.50. The van der Waals surface area contributed by atoms with Crippen LogP contribution in [0.1, 0.15) is 15.9 Å². The number of likely N-dealkylation sites (tertiary alicyclic amines) is 1. The zero-order valence-electron chi connectivity index (χ0n) is 11.8. The maximum atomic E-state index is 11.4. The predicted octanol–water partition coefficient (Wildman–Crippen LogP) is 0.136. The number of methoxy groups -OCH3 is 2. The highest BCUT2D eigenvalue weighted by atomic mass is 16.5. The summed E-state index contributed by atoms with van der Waals surface area (Å²) in [6, 6.07) is 7.42.